The topological polar surface area (TPSA) is 422 Å². The molecule has 0 aliphatic heterocycles. The van der Waals surface area contributed by atoms with Crippen LogP contribution in [0.25, 0.3) is 0 Å². The van der Waals surface area contributed by atoms with Gasteiger partial charge in [-0.3, -0.25) is 4.44 Å². The van der Waals surface area contributed by atoms with Gasteiger partial charge in [0, 0.05) is 0 Å². The van der Waals surface area contributed by atoms with Crippen LogP contribution in [0.5, 0.6) is 0 Å². The molecule has 19 heteroatoms. The van der Waals surface area contributed by atoms with Gasteiger partial charge in [-0.05, 0) is 0 Å². The molecule has 19 heavy (non-hydrogen) atoms. The zero-order chi connectivity index (χ0) is 6.78. The van der Waals surface area contributed by atoms with Crippen LogP contribution in [0.4, 0.5) is 0 Å². The first-order valence-electron chi connectivity index (χ1n) is 1.52. The van der Waals surface area contributed by atoms with Crippen molar-refractivity contribution in [1.29, 1.82) is 0 Å². The van der Waals surface area contributed by atoms with Crippen molar-refractivity contribution in [3.05, 3.63) is 0 Å². The fourth-order valence-electron chi connectivity index (χ4n) is 0.123. The van der Waals surface area contributed by atoms with E-state index in [0.717, 1.165) is 0 Å². The Labute approximate surface area is 128 Å². The van der Waals surface area contributed by atoms with Crippen LogP contribution in [0.3, 0.4) is 0 Å². The van der Waals surface area contributed by atoms with Gasteiger partial charge >= 0.3 is 44.7 Å². The second kappa shape index (κ2) is 51.2. The van der Waals surface area contributed by atoms with Gasteiger partial charge in [0.1, 0.15) is 0 Å². The Bertz CT molecular complexity index is 109. The predicted octanol–water partition coefficient (Wildman–Crippen LogP) is -10.8. The van der Waals surface area contributed by atoms with Crippen molar-refractivity contribution in [2.45, 2.75) is 0 Å². The van der Waals surface area contributed by atoms with Gasteiger partial charge in [-0.15, -0.1) is 0 Å². The van der Waals surface area contributed by atoms with Crippen LogP contribution < -0.4 is 0 Å². The number of phosphoric acid groups is 1. The molecule has 0 aliphatic rings. The number of hydrogen-bond donors (Lipinski definition) is 4. The average Bonchev–Trinajstić information content (AvgIpc) is 1.21. The van der Waals surface area contributed by atoms with Crippen molar-refractivity contribution in [3.8, 4) is 0 Å². The van der Waals surface area contributed by atoms with E-state index in [0.29, 0.717) is 0 Å². The van der Waals surface area contributed by atoms with E-state index in [1.807, 2.05) is 0 Å². The monoisotopic (exact) mass is 346 g/mol. The summed E-state index contributed by atoms with van der Waals surface area (Å²) < 4.78 is 12.8. The van der Waals surface area contributed by atoms with E-state index in [2.05, 4.69) is 4.44 Å². The fraction of sp³-hybridized carbons (Fsp3) is 0. The second-order valence-electron chi connectivity index (χ2n) is 0.922. The molecule has 0 atom stereocenters. The van der Waals surface area contributed by atoms with E-state index in [9.17, 15) is 4.57 Å². The molecule has 0 unspecified atom stereocenters. The summed E-state index contributed by atoms with van der Waals surface area (Å²) >= 11 is 0. The van der Waals surface area contributed by atoms with Gasteiger partial charge in [0.25, 0.3) is 0 Å². The third kappa shape index (κ3) is 161. The SMILES string of the molecule is O.O.O.O.O.O.O.O.O.O.O=P(O)(O)OB(O)O.[NaH]. The van der Waals surface area contributed by atoms with Gasteiger partial charge in [0.15, 0.2) is 0 Å². The van der Waals surface area contributed by atoms with Gasteiger partial charge < -0.3 is 74.6 Å². The first kappa shape index (κ1) is 116. The van der Waals surface area contributed by atoms with Crippen LogP contribution in [-0.4, -0.2) is 111 Å². The minimum atomic E-state index is -4.72. The molecule has 0 aliphatic carbocycles. The van der Waals surface area contributed by atoms with Crippen LogP contribution in [0.2, 0.25) is 0 Å². The van der Waals surface area contributed by atoms with Crippen molar-refractivity contribution in [2.24, 2.45) is 0 Å². The van der Waals surface area contributed by atoms with E-state index in [1.54, 1.807) is 0 Å². The van der Waals surface area contributed by atoms with Crippen molar-refractivity contribution in [3.63, 3.8) is 0 Å². The van der Waals surface area contributed by atoms with Crippen LogP contribution in [0.15, 0.2) is 0 Å². The number of rotatable bonds is 2. The molecule has 0 aromatic carbocycles. The average molecular weight is 346 g/mol. The fourth-order valence-corrected chi connectivity index (χ4v) is 0.368. The van der Waals surface area contributed by atoms with Crippen molar-refractivity contribution in [1.82, 2.24) is 0 Å². The standard InChI is InChI=1S/BH4O6P.Na.10H2O.H/c2-1(3)7-8(4,5)6;;;;;;;;;;;;/h2-3H,(H2,4,5,6);;10*1H2;. The van der Waals surface area contributed by atoms with Crippen LogP contribution in [-0.2, 0) is 9.01 Å². The van der Waals surface area contributed by atoms with Gasteiger partial charge in [0.05, 0.1) is 0 Å². The first-order valence-corrected chi connectivity index (χ1v) is 3.05. The Balaban J connectivity index is -0.00000000445. The molecule has 0 rings (SSSR count). The first-order chi connectivity index (χ1) is 3.42. The Morgan fingerprint density at radius 2 is 0.842 bits per heavy atom. The molecular formula is H25BNaO16P. The third-order valence-electron chi connectivity index (χ3n) is 0.232. The zero-order valence-corrected chi connectivity index (χ0v) is 9.52. The Kier molecular flexibility index (Phi) is 313. The summed E-state index contributed by atoms with van der Waals surface area (Å²) in [6.45, 7) is 0. The molecule has 130 valence electrons. The molecule has 0 amide bonds. The molecule has 0 bridgehead atoms. The normalized spacial score (nSPS) is 4.84. The Morgan fingerprint density at radius 1 is 0.684 bits per heavy atom. The van der Waals surface area contributed by atoms with Gasteiger partial charge in [-0.1, -0.05) is 0 Å². The maximum absolute atomic E-state index is 9.59. The molecule has 0 aromatic heterocycles. The molecule has 0 fully saturated rings. The van der Waals surface area contributed by atoms with Crippen molar-refractivity contribution < 1.29 is 83.6 Å². The quantitative estimate of drug-likeness (QED) is 0.277. The summed E-state index contributed by atoms with van der Waals surface area (Å²) in [4.78, 5) is 15.5. The van der Waals surface area contributed by atoms with E-state index in [4.69, 9.17) is 19.8 Å². The van der Waals surface area contributed by atoms with E-state index in [1.165, 1.54) is 0 Å². The molecule has 0 aromatic rings. The molecule has 16 nitrogen and oxygen atoms in total. The summed E-state index contributed by atoms with van der Waals surface area (Å²) in [5.41, 5.74) is 0. The summed E-state index contributed by atoms with van der Waals surface area (Å²) in [5, 5.41) is 15.5. The minimum absolute atomic E-state index is 0. The maximum atomic E-state index is 9.59. The molecule has 0 radical (unpaired) electrons. The van der Waals surface area contributed by atoms with E-state index in [-0.39, 0.29) is 84.3 Å². The van der Waals surface area contributed by atoms with E-state index < -0.39 is 15.1 Å². The Morgan fingerprint density at radius 3 is 0.842 bits per heavy atom. The molecule has 0 saturated carbocycles. The summed E-state index contributed by atoms with van der Waals surface area (Å²) in [7, 11) is -7.14. The molecule has 0 heterocycles. The summed E-state index contributed by atoms with van der Waals surface area (Å²) in [6, 6.07) is 0. The molecular weight excluding hydrogens is 321 g/mol. The van der Waals surface area contributed by atoms with Gasteiger partial charge in [-0.25, -0.2) is 4.57 Å². The summed E-state index contributed by atoms with van der Waals surface area (Å²) in [5.74, 6) is 0. The molecule has 0 saturated heterocycles. The Hall–Kier alpha value is 0.695. The molecule has 0 spiro atoms. The van der Waals surface area contributed by atoms with E-state index >= 15 is 0 Å². The second-order valence-corrected chi connectivity index (χ2v) is 2.11. The zero-order valence-electron chi connectivity index (χ0n) is 8.63. The molecule has 24 N–H and O–H groups in total. The predicted molar refractivity (Wildman–Crippen MR) is 66.6 cm³/mol. The van der Waals surface area contributed by atoms with Crippen LogP contribution in [0.1, 0.15) is 0 Å². The third-order valence-corrected chi connectivity index (χ3v) is 0.695. The van der Waals surface area contributed by atoms with Gasteiger partial charge in [0.2, 0.25) is 0 Å². The summed E-state index contributed by atoms with van der Waals surface area (Å²) in [6.07, 6.45) is 0. The van der Waals surface area contributed by atoms with Crippen molar-refractivity contribution >= 4 is 44.7 Å². The van der Waals surface area contributed by atoms with Gasteiger partial charge in [-0.2, -0.15) is 0 Å². The van der Waals surface area contributed by atoms with Crippen molar-refractivity contribution in [2.75, 3.05) is 0 Å². The van der Waals surface area contributed by atoms with Crippen LogP contribution in [0, 0.1) is 0 Å². The number of hydrogen-bond acceptors (Lipinski definition) is 4. The van der Waals surface area contributed by atoms with Crippen LogP contribution >= 0.6 is 7.82 Å².